The molecule has 0 aliphatic heterocycles. The summed E-state index contributed by atoms with van der Waals surface area (Å²) in [6.45, 7) is 1.45. The number of aromatic nitrogens is 2. The Labute approximate surface area is 111 Å². The van der Waals surface area contributed by atoms with Gasteiger partial charge in [-0.05, 0) is 40.5 Å². The molecule has 0 N–H and O–H groups in total. The van der Waals surface area contributed by atoms with Crippen LogP contribution in [0.1, 0.15) is 11.1 Å². The molecule has 2 rings (SSSR count). The predicted molar refractivity (Wildman–Crippen MR) is 66.1 cm³/mol. The second-order valence-electron chi connectivity index (χ2n) is 4.03. The van der Waals surface area contributed by atoms with Gasteiger partial charge in [-0.25, -0.2) is 4.98 Å². The van der Waals surface area contributed by atoms with Gasteiger partial charge < -0.3 is 4.57 Å². The van der Waals surface area contributed by atoms with Gasteiger partial charge in [0.2, 0.25) is 0 Å². The average Bonchev–Trinajstić information content (AvgIpc) is 2.55. The summed E-state index contributed by atoms with van der Waals surface area (Å²) in [5.74, 6) is 0.624. The first-order chi connectivity index (χ1) is 8.29. The van der Waals surface area contributed by atoms with E-state index in [0.29, 0.717) is 16.0 Å². The van der Waals surface area contributed by atoms with Gasteiger partial charge in [0.1, 0.15) is 10.4 Å². The third-order valence-electron chi connectivity index (χ3n) is 2.64. The van der Waals surface area contributed by atoms with Crippen LogP contribution in [-0.2, 0) is 13.2 Å². The quantitative estimate of drug-likeness (QED) is 0.771. The van der Waals surface area contributed by atoms with Gasteiger partial charge in [-0.2, -0.15) is 13.2 Å². The van der Waals surface area contributed by atoms with Crippen LogP contribution in [0.5, 0.6) is 0 Å². The number of halogens is 4. The van der Waals surface area contributed by atoms with Crippen LogP contribution < -0.4 is 0 Å². The molecule has 6 heteroatoms. The van der Waals surface area contributed by atoms with E-state index < -0.39 is 11.7 Å². The molecular weight excluding hydrogens is 309 g/mol. The third-order valence-corrected chi connectivity index (χ3v) is 3.02. The number of rotatable bonds is 1. The molecule has 18 heavy (non-hydrogen) atoms. The molecule has 2 nitrogen and oxygen atoms in total. The molecule has 0 amide bonds. The Morgan fingerprint density at radius 1 is 1.28 bits per heavy atom. The lowest BCUT2D eigenvalue weighted by molar-refractivity contribution is -0.138. The highest BCUT2D eigenvalue weighted by molar-refractivity contribution is 9.10. The number of alkyl halides is 3. The van der Waals surface area contributed by atoms with Crippen molar-refractivity contribution in [3.8, 4) is 11.4 Å². The summed E-state index contributed by atoms with van der Waals surface area (Å²) >= 11 is 3.23. The number of benzene rings is 1. The molecule has 0 saturated carbocycles. The van der Waals surface area contributed by atoms with Gasteiger partial charge in [0.05, 0.1) is 5.56 Å². The Morgan fingerprint density at radius 3 is 2.39 bits per heavy atom. The number of aryl methyl sites for hydroxylation is 2. The maximum atomic E-state index is 12.6. The summed E-state index contributed by atoms with van der Waals surface area (Å²) in [7, 11) is 1.79. The SMILES string of the molecule is Cc1cc(-c2nc(Br)cn2C)ccc1C(F)(F)F. The fraction of sp³-hybridized carbons (Fsp3) is 0.250. The summed E-state index contributed by atoms with van der Waals surface area (Å²) in [5.41, 5.74) is 0.243. The zero-order chi connectivity index (χ0) is 13.5. The fourth-order valence-electron chi connectivity index (χ4n) is 1.82. The second kappa shape index (κ2) is 4.42. The molecule has 1 aromatic carbocycles. The minimum atomic E-state index is -4.31. The molecule has 0 aliphatic rings. The summed E-state index contributed by atoms with van der Waals surface area (Å²) in [6.07, 6.45) is -2.56. The largest absolute Gasteiger partial charge is 0.416 e. The highest BCUT2D eigenvalue weighted by atomic mass is 79.9. The maximum Gasteiger partial charge on any atom is 0.416 e. The minimum absolute atomic E-state index is 0.194. The van der Waals surface area contributed by atoms with Crippen molar-refractivity contribution in [2.45, 2.75) is 13.1 Å². The maximum absolute atomic E-state index is 12.6. The van der Waals surface area contributed by atoms with Crippen molar-refractivity contribution in [2.75, 3.05) is 0 Å². The first-order valence-electron chi connectivity index (χ1n) is 5.16. The number of nitrogens with zero attached hydrogens (tertiary/aromatic N) is 2. The molecule has 0 atom stereocenters. The summed E-state index contributed by atoms with van der Waals surface area (Å²) in [4.78, 5) is 4.21. The van der Waals surface area contributed by atoms with Crippen molar-refractivity contribution in [3.05, 3.63) is 40.1 Å². The highest BCUT2D eigenvalue weighted by Crippen LogP contribution is 2.33. The van der Waals surface area contributed by atoms with E-state index in [9.17, 15) is 13.2 Å². The third kappa shape index (κ3) is 2.43. The second-order valence-corrected chi connectivity index (χ2v) is 4.84. The summed E-state index contributed by atoms with van der Waals surface area (Å²) in [6, 6.07) is 4.02. The molecule has 0 unspecified atom stereocenters. The fourth-order valence-corrected chi connectivity index (χ4v) is 2.29. The molecule has 0 aliphatic carbocycles. The van der Waals surface area contributed by atoms with Gasteiger partial charge in [0.25, 0.3) is 0 Å². The van der Waals surface area contributed by atoms with Crippen molar-refractivity contribution in [1.82, 2.24) is 9.55 Å². The van der Waals surface area contributed by atoms with Crippen molar-refractivity contribution in [3.63, 3.8) is 0 Å². The number of hydrogen-bond donors (Lipinski definition) is 0. The molecular formula is C12H10BrF3N2. The van der Waals surface area contributed by atoms with Crippen LogP contribution >= 0.6 is 15.9 Å². The van der Waals surface area contributed by atoms with Gasteiger partial charge in [0, 0.05) is 18.8 Å². The van der Waals surface area contributed by atoms with E-state index in [1.165, 1.54) is 19.1 Å². The van der Waals surface area contributed by atoms with Gasteiger partial charge >= 0.3 is 6.18 Å². The average molecular weight is 319 g/mol. The van der Waals surface area contributed by atoms with E-state index in [-0.39, 0.29) is 5.56 Å². The van der Waals surface area contributed by atoms with Crippen molar-refractivity contribution in [1.29, 1.82) is 0 Å². The normalized spacial score (nSPS) is 11.9. The minimum Gasteiger partial charge on any atom is -0.333 e. The van der Waals surface area contributed by atoms with E-state index >= 15 is 0 Å². The lowest BCUT2D eigenvalue weighted by Gasteiger charge is -2.11. The first-order valence-corrected chi connectivity index (χ1v) is 5.95. The van der Waals surface area contributed by atoms with E-state index in [1.54, 1.807) is 17.8 Å². The van der Waals surface area contributed by atoms with Crippen LogP contribution in [0.3, 0.4) is 0 Å². The molecule has 0 spiro atoms. The Morgan fingerprint density at radius 2 is 1.94 bits per heavy atom. The smallest absolute Gasteiger partial charge is 0.333 e. The van der Waals surface area contributed by atoms with Gasteiger partial charge in [-0.1, -0.05) is 6.07 Å². The monoisotopic (exact) mass is 318 g/mol. The van der Waals surface area contributed by atoms with Crippen molar-refractivity contribution < 1.29 is 13.2 Å². The molecule has 1 aromatic heterocycles. The molecule has 1 heterocycles. The van der Waals surface area contributed by atoms with E-state index in [4.69, 9.17) is 0 Å². The van der Waals surface area contributed by atoms with Crippen LogP contribution in [0.4, 0.5) is 13.2 Å². The lowest BCUT2D eigenvalue weighted by atomic mass is 10.0. The Balaban J connectivity index is 2.50. The number of imidazole rings is 1. The molecule has 0 bridgehead atoms. The first kappa shape index (κ1) is 13.1. The standard InChI is InChI=1S/C12H10BrF3N2/c1-7-5-8(3-4-9(7)12(14,15)16)11-17-10(13)6-18(11)2/h3-6H,1-2H3. The number of hydrogen-bond acceptors (Lipinski definition) is 1. The Kier molecular flexibility index (Phi) is 3.23. The Bertz CT molecular complexity index is 587. The summed E-state index contributed by atoms with van der Waals surface area (Å²) < 4.78 is 40.3. The molecule has 0 saturated heterocycles. The lowest BCUT2D eigenvalue weighted by Crippen LogP contribution is -2.07. The molecule has 96 valence electrons. The zero-order valence-electron chi connectivity index (χ0n) is 9.72. The van der Waals surface area contributed by atoms with Crippen LogP contribution in [-0.4, -0.2) is 9.55 Å². The van der Waals surface area contributed by atoms with Gasteiger partial charge in [-0.3, -0.25) is 0 Å². The van der Waals surface area contributed by atoms with Gasteiger partial charge in [0.15, 0.2) is 0 Å². The van der Waals surface area contributed by atoms with Crippen LogP contribution in [0.15, 0.2) is 29.0 Å². The van der Waals surface area contributed by atoms with Gasteiger partial charge in [-0.15, -0.1) is 0 Å². The van der Waals surface area contributed by atoms with Crippen LogP contribution in [0, 0.1) is 6.92 Å². The van der Waals surface area contributed by atoms with Crippen molar-refractivity contribution in [2.24, 2.45) is 7.05 Å². The van der Waals surface area contributed by atoms with Crippen molar-refractivity contribution >= 4 is 15.9 Å². The molecule has 0 fully saturated rings. The van der Waals surface area contributed by atoms with Crippen LogP contribution in [0.25, 0.3) is 11.4 Å². The molecule has 0 radical (unpaired) electrons. The zero-order valence-corrected chi connectivity index (χ0v) is 11.3. The van der Waals surface area contributed by atoms with E-state index in [1.807, 2.05) is 0 Å². The van der Waals surface area contributed by atoms with Crippen LogP contribution in [0.2, 0.25) is 0 Å². The molecule has 2 aromatic rings. The predicted octanol–water partition coefficient (Wildman–Crippen LogP) is 4.18. The summed E-state index contributed by atoms with van der Waals surface area (Å²) in [5, 5.41) is 0. The Hall–Kier alpha value is -1.30. The highest BCUT2D eigenvalue weighted by Gasteiger charge is 2.32. The van der Waals surface area contributed by atoms with E-state index in [2.05, 4.69) is 20.9 Å². The van der Waals surface area contributed by atoms with E-state index in [0.717, 1.165) is 6.07 Å². The topological polar surface area (TPSA) is 17.8 Å².